The Bertz CT molecular complexity index is 852. The number of hydrogen-bond acceptors (Lipinski definition) is 3. The van der Waals surface area contributed by atoms with Gasteiger partial charge in [-0.1, -0.05) is 29.3 Å². The van der Waals surface area contributed by atoms with E-state index in [1.165, 1.54) is 4.57 Å². The molecule has 0 bridgehead atoms. The average Bonchev–Trinajstić information content (AvgIpc) is 2.70. The summed E-state index contributed by atoms with van der Waals surface area (Å²) >= 11 is 11.8. The second-order valence-corrected chi connectivity index (χ2v) is 5.24. The van der Waals surface area contributed by atoms with E-state index in [9.17, 15) is 4.79 Å². The molecule has 4 nitrogen and oxygen atoms in total. The van der Waals surface area contributed by atoms with Crippen molar-refractivity contribution in [1.82, 2.24) is 4.57 Å². The van der Waals surface area contributed by atoms with E-state index in [0.29, 0.717) is 33.4 Å². The molecule has 1 aromatic heterocycles. The zero-order valence-corrected chi connectivity index (χ0v) is 11.8. The highest BCUT2D eigenvalue weighted by Gasteiger charge is 2.10. The molecule has 0 aliphatic carbocycles. The van der Waals surface area contributed by atoms with Gasteiger partial charge >= 0.3 is 5.76 Å². The van der Waals surface area contributed by atoms with Gasteiger partial charge < -0.3 is 10.2 Å². The molecule has 1 heterocycles. The summed E-state index contributed by atoms with van der Waals surface area (Å²) in [6.45, 7) is 0.339. The standard InChI is InChI=1S/C14H10Cl2N2O2/c15-10-3-1-8(5-11(10)16)7-18-12-6-9(17)2-4-13(12)20-14(18)19/h1-6H,7,17H2. The number of anilines is 1. The fourth-order valence-corrected chi connectivity index (χ4v) is 2.37. The molecule has 0 fully saturated rings. The van der Waals surface area contributed by atoms with Crippen molar-refractivity contribution >= 4 is 40.0 Å². The topological polar surface area (TPSA) is 61.2 Å². The molecule has 6 heteroatoms. The Hall–Kier alpha value is -1.91. The molecule has 3 rings (SSSR count). The second-order valence-electron chi connectivity index (χ2n) is 4.43. The van der Waals surface area contributed by atoms with Crippen LogP contribution in [0.5, 0.6) is 0 Å². The van der Waals surface area contributed by atoms with E-state index in [1.54, 1.807) is 30.3 Å². The monoisotopic (exact) mass is 308 g/mol. The van der Waals surface area contributed by atoms with Gasteiger partial charge in [0.25, 0.3) is 0 Å². The highest BCUT2D eigenvalue weighted by Crippen LogP contribution is 2.24. The molecular weight excluding hydrogens is 299 g/mol. The zero-order valence-electron chi connectivity index (χ0n) is 10.3. The van der Waals surface area contributed by atoms with Crippen molar-refractivity contribution in [3.63, 3.8) is 0 Å². The first-order valence-electron chi connectivity index (χ1n) is 5.87. The fraction of sp³-hybridized carbons (Fsp3) is 0.0714. The molecule has 102 valence electrons. The number of nitrogen functional groups attached to an aromatic ring is 1. The third kappa shape index (κ3) is 2.28. The van der Waals surface area contributed by atoms with Crippen LogP contribution in [0.1, 0.15) is 5.56 Å². The van der Waals surface area contributed by atoms with Crippen LogP contribution >= 0.6 is 23.2 Å². The minimum absolute atomic E-state index is 0.339. The van der Waals surface area contributed by atoms with Gasteiger partial charge in [-0.05, 0) is 35.9 Å². The van der Waals surface area contributed by atoms with E-state index in [0.717, 1.165) is 5.56 Å². The van der Waals surface area contributed by atoms with E-state index < -0.39 is 5.76 Å². The van der Waals surface area contributed by atoms with E-state index in [-0.39, 0.29) is 0 Å². The molecule has 0 radical (unpaired) electrons. The van der Waals surface area contributed by atoms with Crippen molar-refractivity contribution in [2.45, 2.75) is 6.54 Å². The van der Waals surface area contributed by atoms with Crippen LogP contribution in [0, 0.1) is 0 Å². The molecule has 0 saturated carbocycles. The number of halogens is 2. The van der Waals surface area contributed by atoms with Crippen LogP contribution in [0.15, 0.2) is 45.6 Å². The Balaban J connectivity index is 2.10. The summed E-state index contributed by atoms with van der Waals surface area (Å²) in [5.74, 6) is -0.434. The summed E-state index contributed by atoms with van der Waals surface area (Å²) in [4.78, 5) is 11.9. The van der Waals surface area contributed by atoms with E-state index in [1.807, 2.05) is 6.07 Å². The van der Waals surface area contributed by atoms with E-state index >= 15 is 0 Å². The van der Waals surface area contributed by atoms with Crippen molar-refractivity contribution in [3.05, 3.63) is 62.6 Å². The lowest BCUT2D eigenvalue weighted by molar-refractivity contribution is 0.517. The van der Waals surface area contributed by atoms with Gasteiger partial charge in [0.1, 0.15) is 0 Å². The molecular formula is C14H10Cl2N2O2. The second kappa shape index (κ2) is 4.89. The van der Waals surface area contributed by atoms with Gasteiger partial charge in [0.05, 0.1) is 22.1 Å². The van der Waals surface area contributed by atoms with Crippen LogP contribution in [-0.2, 0) is 6.54 Å². The average molecular weight is 309 g/mol. The molecule has 0 aliphatic heterocycles. The highest BCUT2D eigenvalue weighted by molar-refractivity contribution is 6.42. The predicted molar refractivity (Wildman–Crippen MR) is 80.5 cm³/mol. The first-order chi connectivity index (χ1) is 9.54. The zero-order chi connectivity index (χ0) is 14.3. The third-order valence-electron chi connectivity index (χ3n) is 3.02. The lowest BCUT2D eigenvalue weighted by atomic mass is 10.2. The Kier molecular flexibility index (Phi) is 3.20. The number of oxazole rings is 1. The van der Waals surface area contributed by atoms with Crippen molar-refractivity contribution < 1.29 is 4.42 Å². The van der Waals surface area contributed by atoms with Crippen molar-refractivity contribution in [2.24, 2.45) is 0 Å². The van der Waals surface area contributed by atoms with E-state index in [2.05, 4.69) is 0 Å². The molecule has 2 aromatic carbocycles. The SMILES string of the molecule is Nc1ccc2oc(=O)n(Cc3ccc(Cl)c(Cl)c3)c2c1. The summed E-state index contributed by atoms with van der Waals surface area (Å²) in [5.41, 5.74) is 8.33. The van der Waals surface area contributed by atoms with Gasteiger partial charge in [0, 0.05) is 5.69 Å². The van der Waals surface area contributed by atoms with Crippen molar-refractivity contribution in [2.75, 3.05) is 5.73 Å². The molecule has 0 aliphatic rings. The predicted octanol–water partition coefficient (Wildman–Crippen LogP) is 3.53. The molecule has 0 spiro atoms. The Morgan fingerprint density at radius 3 is 2.65 bits per heavy atom. The Labute approximate surface area is 124 Å². The fourth-order valence-electron chi connectivity index (χ4n) is 2.05. The molecule has 3 aromatic rings. The lowest BCUT2D eigenvalue weighted by Crippen LogP contribution is -2.14. The number of benzene rings is 2. The summed E-state index contributed by atoms with van der Waals surface area (Å²) in [6, 6.07) is 10.3. The van der Waals surface area contributed by atoms with Gasteiger partial charge in [-0.3, -0.25) is 4.57 Å². The maximum absolute atomic E-state index is 11.9. The maximum Gasteiger partial charge on any atom is 0.420 e. The molecule has 20 heavy (non-hydrogen) atoms. The highest BCUT2D eigenvalue weighted by atomic mass is 35.5. The summed E-state index contributed by atoms with van der Waals surface area (Å²) in [6.07, 6.45) is 0. The first kappa shape index (κ1) is 13.1. The molecule has 0 saturated heterocycles. The number of nitrogens with zero attached hydrogens (tertiary/aromatic N) is 1. The number of aromatic nitrogens is 1. The number of nitrogens with two attached hydrogens (primary N) is 1. The van der Waals surface area contributed by atoms with Gasteiger partial charge in [-0.2, -0.15) is 0 Å². The minimum atomic E-state index is -0.434. The Morgan fingerprint density at radius 1 is 1.10 bits per heavy atom. The van der Waals surface area contributed by atoms with Crippen LogP contribution in [0.2, 0.25) is 10.0 Å². The summed E-state index contributed by atoms with van der Waals surface area (Å²) in [7, 11) is 0. The normalized spacial score (nSPS) is 11.1. The van der Waals surface area contributed by atoms with E-state index in [4.69, 9.17) is 33.4 Å². The van der Waals surface area contributed by atoms with Crippen LogP contribution in [-0.4, -0.2) is 4.57 Å². The molecule has 0 amide bonds. The maximum atomic E-state index is 11.9. The van der Waals surface area contributed by atoms with Crippen LogP contribution in [0.25, 0.3) is 11.1 Å². The third-order valence-corrected chi connectivity index (χ3v) is 3.76. The summed E-state index contributed by atoms with van der Waals surface area (Å²) in [5, 5.41) is 0.925. The van der Waals surface area contributed by atoms with Crippen LogP contribution in [0.3, 0.4) is 0 Å². The largest absolute Gasteiger partial charge is 0.420 e. The number of rotatable bonds is 2. The number of fused-ring (bicyclic) bond motifs is 1. The molecule has 2 N–H and O–H groups in total. The Morgan fingerprint density at radius 2 is 1.90 bits per heavy atom. The van der Waals surface area contributed by atoms with Crippen molar-refractivity contribution in [1.29, 1.82) is 0 Å². The van der Waals surface area contributed by atoms with Crippen LogP contribution < -0.4 is 11.5 Å². The molecule has 0 unspecified atom stereocenters. The summed E-state index contributed by atoms with van der Waals surface area (Å²) < 4.78 is 6.68. The lowest BCUT2D eigenvalue weighted by Gasteiger charge is -2.04. The van der Waals surface area contributed by atoms with Gasteiger partial charge in [-0.15, -0.1) is 0 Å². The smallest absolute Gasteiger partial charge is 0.408 e. The van der Waals surface area contributed by atoms with Crippen LogP contribution in [0.4, 0.5) is 5.69 Å². The van der Waals surface area contributed by atoms with Gasteiger partial charge in [0.2, 0.25) is 0 Å². The minimum Gasteiger partial charge on any atom is -0.408 e. The molecule has 0 atom stereocenters. The number of hydrogen-bond donors (Lipinski definition) is 1. The van der Waals surface area contributed by atoms with Gasteiger partial charge in [-0.25, -0.2) is 4.79 Å². The first-order valence-corrected chi connectivity index (χ1v) is 6.63. The van der Waals surface area contributed by atoms with Gasteiger partial charge in [0.15, 0.2) is 5.58 Å². The van der Waals surface area contributed by atoms with Crippen molar-refractivity contribution in [3.8, 4) is 0 Å². The quantitative estimate of drug-likeness (QED) is 0.737.